The monoisotopic (exact) mass is 264 g/mol. The summed E-state index contributed by atoms with van der Waals surface area (Å²) in [7, 11) is 0. The molecule has 5 heteroatoms. The summed E-state index contributed by atoms with van der Waals surface area (Å²) < 4.78 is 5.35. The van der Waals surface area contributed by atoms with E-state index in [1.807, 2.05) is 6.92 Å². The van der Waals surface area contributed by atoms with Gasteiger partial charge in [-0.3, -0.25) is 4.79 Å². The van der Waals surface area contributed by atoms with Gasteiger partial charge in [-0.05, 0) is 30.3 Å². The number of halogens is 1. The molecule has 1 aromatic carbocycles. The number of carbonyl (C=O) groups excluding carboxylic acids is 1. The highest BCUT2D eigenvalue weighted by atomic mass is 35.5. The third kappa shape index (κ3) is 2.65. The predicted molar refractivity (Wildman–Crippen MR) is 71.9 cm³/mol. The van der Waals surface area contributed by atoms with Gasteiger partial charge in [-0.1, -0.05) is 18.5 Å². The van der Waals surface area contributed by atoms with Crippen molar-refractivity contribution in [1.82, 2.24) is 0 Å². The molecule has 0 aliphatic carbocycles. The Bertz CT molecular complexity index is 578. The molecule has 0 spiro atoms. The lowest BCUT2D eigenvalue weighted by atomic mass is 10.2. The van der Waals surface area contributed by atoms with E-state index in [4.69, 9.17) is 21.8 Å². The van der Waals surface area contributed by atoms with Crippen LogP contribution in [0.25, 0.3) is 0 Å². The minimum atomic E-state index is -0.344. The molecule has 0 bridgehead atoms. The fraction of sp³-hybridized carbons (Fsp3) is 0.154. The molecule has 1 heterocycles. The third-order valence-corrected chi connectivity index (χ3v) is 2.73. The van der Waals surface area contributed by atoms with Crippen molar-refractivity contribution in [3.63, 3.8) is 0 Å². The van der Waals surface area contributed by atoms with Gasteiger partial charge in [0.05, 0.1) is 11.4 Å². The van der Waals surface area contributed by atoms with E-state index in [1.54, 1.807) is 30.3 Å². The van der Waals surface area contributed by atoms with Crippen molar-refractivity contribution >= 4 is 28.9 Å². The number of aryl methyl sites for hydroxylation is 1. The molecule has 2 rings (SSSR count). The fourth-order valence-corrected chi connectivity index (χ4v) is 1.68. The van der Waals surface area contributed by atoms with Crippen LogP contribution in [-0.4, -0.2) is 5.91 Å². The van der Waals surface area contributed by atoms with Gasteiger partial charge in [0.1, 0.15) is 5.76 Å². The molecular formula is C13H13ClN2O2. The van der Waals surface area contributed by atoms with Gasteiger partial charge in [0.25, 0.3) is 5.91 Å². The lowest BCUT2D eigenvalue weighted by Crippen LogP contribution is -2.12. The molecular weight excluding hydrogens is 252 g/mol. The fourth-order valence-electron chi connectivity index (χ4n) is 1.51. The number of hydrogen-bond donors (Lipinski definition) is 2. The number of anilines is 2. The molecule has 2 aromatic rings. The van der Waals surface area contributed by atoms with Crippen molar-refractivity contribution in [2.75, 3.05) is 11.1 Å². The lowest BCUT2D eigenvalue weighted by Gasteiger charge is -2.06. The van der Waals surface area contributed by atoms with Gasteiger partial charge in [0.15, 0.2) is 5.76 Å². The average Bonchev–Trinajstić information content (AvgIpc) is 2.82. The van der Waals surface area contributed by atoms with Gasteiger partial charge in [-0.25, -0.2) is 0 Å². The van der Waals surface area contributed by atoms with Gasteiger partial charge in [-0.2, -0.15) is 0 Å². The van der Waals surface area contributed by atoms with Crippen molar-refractivity contribution in [3.8, 4) is 0 Å². The Morgan fingerprint density at radius 1 is 1.39 bits per heavy atom. The van der Waals surface area contributed by atoms with Gasteiger partial charge < -0.3 is 15.5 Å². The molecule has 1 aromatic heterocycles. The number of hydrogen-bond acceptors (Lipinski definition) is 3. The van der Waals surface area contributed by atoms with E-state index in [9.17, 15) is 4.79 Å². The van der Waals surface area contributed by atoms with Crippen LogP contribution in [0.5, 0.6) is 0 Å². The average molecular weight is 265 g/mol. The maximum absolute atomic E-state index is 11.9. The Morgan fingerprint density at radius 3 is 2.83 bits per heavy atom. The van der Waals surface area contributed by atoms with Crippen LogP contribution < -0.4 is 11.1 Å². The van der Waals surface area contributed by atoms with E-state index >= 15 is 0 Å². The molecule has 0 fully saturated rings. The quantitative estimate of drug-likeness (QED) is 0.836. The number of carbonyl (C=O) groups is 1. The van der Waals surface area contributed by atoms with E-state index in [1.165, 1.54) is 0 Å². The summed E-state index contributed by atoms with van der Waals surface area (Å²) in [6, 6.07) is 8.30. The van der Waals surface area contributed by atoms with Crippen LogP contribution in [0.15, 0.2) is 34.7 Å². The second-order valence-corrected chi connectivity index (χ2v) is 4.24. The van der Waals surface area contributed by atoms with Gasteiger partial charge >= 0.3 is 0 Å². The third-order valence-electron chi connectivity index (χ3n) is 2.50. The first-order valence-corrected chi connectivity index (χ1v) is 5.93. The van der Waals surface area contributed by atoms with Crippen molar-refractivity contribution in [2.45, 2.75) is 13.3 Å². The molecule has 4 nitrogen and oxygen atoms in total. The van der Waals surface area contributed by atoms with Crippen molar-refractivity contribution in [2.24, 2.45) is 0 Å². The minimum absolute atomic E-state index is 0.256. The number of nitrogens with one attached hydrogen (secondary N) is 1. The summed E-state index contributed by atoms with van der Waals surface area (Å²) in [6.07, 6.45) is 0.743. The van der Waals surface area contributed by atoms with Crippen molar-refractivity contribution in [3.05, 3.63) is 46.9 Å². The first-order chi connectivity index (χ1) is 8.60. The maximum atomic E-state index is 11.9. The molecule has 0 radical (unpaired) electrons. The smallest absolute Gasteiger partial charge is 0.291 e. The predicted octanol–water partition coefficient (Wildman–Crippen LogP) is 3.33. The molecule has 1 amide bonds. The number of nitrogen functional groups attached to an aromatic ring is 1. The maximum Gasteiger partial charge on any atom is 0.291 e. The molecule has 3 N–H and O–H groups in total. The molecule has 0 unspecified atom stereocenters. The van der Waals surface area contributed by atoms with Crippen LogP contribution in [0, 0.1) is 0 Å². The largest absolute Gasteiger partial charge is 0.456 e. The first kappa shape index (κ1) is 12.5. The molecule has 18 heavy (non-hydrogen) atoms. The van der Waals surface area contributed by atoms with E-state index in [0.717, 1.165) is 12.2 Å². The zero-order valence-corrected chi connectivity index (χ0v) is 10.6. The first-order valence-electron chi connectivity index (χ1n) is 5.55. The highest BCUT2D eigenvalue weighted by Crippen LogP contribution is 2.23. The van der Waals surface area contributed by atoms with Crippen LogP contribution in [0.2, 0.25) is 5.02 Å². The molecule has 0 aliphatic heterocycles. The molecule has 0 saturated heterocycles. The Labute approximate surface area is 110 Å². The Morgan fingerprint density at radius 2 is 2.17 bits per heavy atom. The molecule has 0 saturated carbocycles. The van der Waals surface area contributed by atoms with Crippen LogP contribution in [-0.2, 0) is 6.42 Å². The lowest BCUT2D eigenvalue weighted by molar-refractivity contribution is 0.0995. The summed E-state index contributed by atoms with van der Waals surface area (Å²) in [6.45, 7) is 1.95. The second-order valence-electron chi connectivity index (χ2n) is 3.81. The van der Waals surface area contributed by atoms with Crippen LogP contribution in [0.1, 0.15) is 23.2 Å². The zero-order valence-electron chi connectivity index (χ0n) is 9.87. The van der Waals surface area contributed by atoms with Crippen LogP contribution in [0.3, 0.4) is 0 Å². The summed E-state index contributed by atoms with van der Waals surface area (Å²) in [5, 5.41) is 3.17. The number of benzene rings is 1. The SMILES string of the molecule is CCc1ccc(C(=O)Nc2cc(Cl)ccc2N)o1. The zero-order chi connectivity index (χ0) is 13.1. The summed E-state index contributed by atoms with van der Waals surface area (Å²) in [4.78, 5) is 11.9. The van der Waals surface area contributed by atoms with E-state index < -0.39 is 0 Å². The number of nitrogens with two attached hydrogens (primary N) is 1. The Balaban J connectivity index is 2.18. The van der Waals surface area contributed by atoms with E-state index in [-0.39, 0.29) is 11.7 Å². The summed E-state index contributed by atoms with van der Waals surface area (Å²) in [5.74, 6) is 0.675. The molecule has 0 aliphatic rings. The standard InChI is InChI=1S/C13H13ClN2O2/c1-2-9-4-6-12(18-9)13(17)16-11-7-8(14)3-5-10(11)15/h3-7H,2,15H2,1H3,(H,16,17). The highest BCUT2D eigenvalue weighted by molar-refractivity contribution is 6.31. The minimum Gasteiger partial charge on any atom is -0.456 e. The number of rotatable bonds is 3. The van der Waals surface area contributed by atoms with Crippen LogP contribution >= 0.6 is 11.6 Å². The van der Waals surface area contributed by atoms with Gasteiger partial charge in [-0.15, -0.1) is 0 Å². The highest BCUT2D eigenvalue weighted by Gasteiger charge is 2.12. The Hall–Kier alpha value is -1.94. The van der Waals surface area contributed by atoms with Crippen LogP contribution in [0.4, 0.5) is 11.4 Å². The van der Waals surface area contributed by atoms with E-state index in [2.05, 4.69) is 5.32 Å². The number of amides is 1. The van der Waals surface area contributed by atoms with E-state index in [0.29, 0.717) is 16.4 Å². The molecule has 0 atom stereocenters. The van der Waals surface area contributed by atoms with Gasteiger partial charge in [0.2, 0.25) is 0 Å². The number of furan rings is 1. The summed E-state index contributed by atoms with van der Waals surface area (Å²) in [5.41, 5.74) is 6.67. The molecule has 94 valence electrons. The van der Waals surface area contributed by atoms with Crippen molar-refractivity contribution in [1.29, 1.82) is 0 Å². The normalized spacial score (nSPS) is 10.3. The van der Waals surface area contributed by atoms with Gasteiger partial charge in [0, 0.05) is 11.4 Å². The van der Waals surface area contributed by atoms with Crippen molar-refractivity contribution < 1.29 is 9.21 Å². The second kappa shape index (κ2) is 5.14. The topological polar surface area (TPSA) is 68.3 Å². The summed E-state index contributed by atoms with van der Waals surface area (Å²) >= 11 is 5.84. The Kier molecular flexibility index (Phi) is 3.58.